The Morgan fingerprint density at radius 2 is 1.66 bits per heavy atom. The van der Waals surface area contributed by atoms with Crippen LogP contribution in [0.5, 0.6) is 0 Å². The minimum atomic E-state index is -0.640. The molecule has 1 amide bonds. The van der Waals surface area contributed by atoms with Crippen LogP contribution in [0.2, 0.25) is 5.02 Å². The van der Waals surface area contributed by atoms with Crippen LogP contribution in [-0.4, -0.2) is 28.2 Å². The molecule has 0 bridgehead atoms. The highest BCUT2D eigenvalue weighted by atomic mass is 35.5. The number of ketones is 1. The maximum absolute atomic E-state index is 12.9. The Hall–Kier alpha value is -2.59. The van der Waals surface area contributed by atoms with Crippen LogP contribution in [0.4, 0.5) is 0 Å². The van der Waals surface area contributed by atoms with Gasteiger partial charge in [-0.3, -0.25) is 9.59 Å². The lowest BCUT2D eigenvalue weighted by Gasteiger charge is -2.25. The van der Waals surface area contributed by atoms with Crippen LogP contribution >= 0.6 is 11.6 Å². The second kappa shape index (κ2) is 9.27. The Morgan fingerprint density at radius 1 is 1.00 bits per heavy atom. The van der Waals surface area contributed by atoms with Crippen molar-refractivity contribution in [3.8, 4) is 0 Å². The molecule has 1 aliphatic heterocycles. The Labute approximate surface area is 176 Å². The minimum absolute atomic E-state index is 0.136. The summed E-state index contributed by atoms with van der Waals surface area (Å²) in [5.74, 6) is -1.34. The van der Waals surface area contributed by atoms with Crippen LogP contribution in [0, 0.1) is 6.92 Å². The lowest BCUT2D eigenvalue weighted by Crippen LogP contribution is -2.30. The molecule has 0 unspecified atom stereocenters. The van der Waals surface area contributed by atoms with Gasteiger partial charge in [0.15, 0.2) is 0 Å². The number of aryl methyl sites for hydroxylation is 1. The third-order valence-corrected chi connectivity index (χ3v) is 5.56. The van der Waals surface area contributed by atoms with Crippen LogP contribution in [0.3, 0.4) is 0 Å². The minimum Gasteiger partial charge on any atom is -0.507 e. The first-order valence-corrected chi connectivity index (χ1v) is 10.4. The number of amides is 1. The number of unbranched alkanes of at least 4 members (excludes halogenated alkanes) is 3. The van der Waals surface area contributed by atoms with E-state index in [4.69, 9.17) is 11.6 Å². The van der Waals surface area contributed by atoms with Gasteiger partial charge in [0.05, 0.1) is 11.6 Å². The first-order valence-electron chi connectivity index (χ1n) is 10.0. The van der Waals surface area contributed by atoms with E-state index >= 15 is 0 Å². The molecule has 4 nitrogen and oxygen atoms in total. The molecule has 152 valence electrons. The summed E-state index contributed by atoms with van der Waals surface area (Å²) in [6, 6.07) is 13.7. The molecule has 0 saturated carbocycles. The Morgan fingerprint density at radius 3 is 2.28 bits per heavy atom. The Kier molecular flexibility index (Phi) is 6.75. The Balaban J connectivity index is 2.05. The molecule has 1 aliphatic rings. The summed E-state index contributed by atoms with van der Waals surface area (Å²) in [7, 11) is 0. The van der Waals surface area contributed by atoms with Crippen LogP contribution < -0.4 is 0 Å². The van der Waals surface area contributed by atoms with Crippen molar-refractivity contribution < 1.29 is 14.7 Å². The number of nitrogens with zero attached hydrogens (tertiary/aromatic N) is 1. The third-order valence-electron chi connectivity index (χ3n) is 5.30. The van der Waals surface area contributed by atoms with Crippen molar-refractivity contribution >= 4 is 29.1 Å². The van der Waals surface area contributed by atoms with Crippen molar-refractivity contribution in [2.75, 3.05) is 6.54 Å². The second-order valence-corrected chi connectivity index (χ2v) is 7.91. The average molecular weight is 412 g/mol. The second-order valence-electron chi connectivity index (χ2n) is 7.47. The van der Waals surface area contributed by atoms with Gasteiger partial charge in [0, 0.05) is 17.1 Å². The van der Waals surface area contributed by atoms with Crippen molar-refractivity contribution in [1.29, 1.82) is 0 Å². The largest absolute Gasteiger partial charge is 0.507 e. The first-order chi connectivity index (χ1) is 13.9. The fourth-order valence-electron chi connectivity index (χ4n) is 3.68. The SMILES string of the molecule is CCCCCCN1C(=O)C(=O)C(=C(O)c2ccc(C)cc2)[C@H]1c1ccc(Cl)cc1. The van der Waals surface area contributed by atoms with Crippen molar-refractivity contribution in [1.82, 2.24) is 4.90 Å². The highest BCUT2D eigenvalue weighted by Crippen LogP contribution is 2.39. The number of halogens is 1. The molecular weight excluding hydrogens is 386 g/mol. The number of benzene rings is 2. The summed E-state index contributed by atoms with van der Waals surface area (Å²) in [6.07, 6.45) is 3.98. The molecular formula is C24H26ClNO3. The quantitative estimate of drug-likeness (QED) is 0.277. The van der Waals surface area contributed by atoms with Crippen molar-refractivity contribution in [2.24, 2.45) is 0 Å². The van der Waals surface area contributed by atoms with Crippen molar-refractivity contribution in [3.05, 3.63) is 75.8 Å². The summed E-state index contributed by atoms with van der Waals surface area (Å²) in [4.78, 5) is 27.3. The number of rotatable bonds is 7. The molecule has 1 saturated heterocycles. The monoisotopic (exact) mass is 411 g/mol. The van der Waals surface area contributed by atoms with Crippen LogP contribution in [0.1, 0.15) is 55.3 Å². The molecule has 1 atom stereocenters. The number of Topliss-reactive ketones (excluding diaryl/α,β-unsaturated/α-hetero) is 1. The molecule has 1 fully saturated rings. The van der Waals surface area contributed by atoms with Gasteiger partial charge in [-0.2, -0.15) is 0 Å². The molecule has 1 N–H and O–H groups in total. The normalized spacial score (nSPS) is 18.4. The first kappa shape index (κ1) is 21.1. The summed E-state index contributed by atoms with van der Waals surface area (Å²) in [5, 5.41) is 11.5. The molecule has 29 heavy (non-hydrogen) atoms. The van der Waals surface area contributed by atoms with E-state index in [1.165, 1.54) is 0 Å². The molecule has 1 heterocycles. The number of carbonyl (C=O) groups is 2. The molecule has 5 heteroatoms. The summed E-state index contributed by atoms with van der Waals surface area (Å²) < 4.78 is 0. The number of likely N-dealkylation sites (tertiary alicyclic amines) is 1. The molecule has 2 aromatic rings. The Bertz CT molecular complexity index is 916. The fraction of sp³-hybridized carbons (Fsp3) is 0.333. The fourth-order valence-corrected chi connectivity index (χ4v) is 3.80. The van der Waals surface area contributed by atoms with E-state index in [2.05, 4.69) is 6.92 Å². The summed E-state index contributed by atoms with van der Waals surface area (Å²) >= 11 is 6.03. The summed E-state index contributed by atoms with van der Waals surface area (Å²) in [6.45, 7) is 4.55. The van der Waals surface area contributed by atoms with Gasteiger partial charge in [-0.25, -0.2) is 0 Å². The van der Waals surface area contributed by atoms with Gasteiger partial charge in [0.1, 0.15) is 5.76 Å². The van der Waals surface area contributed by atoms with E-state index in [9.17, 15) is 14.7 Å². The number of hydrogen-bond donors (Lipinski definition) is 1. The van der Waals surface area contributed by atoms with E-state index in [1.54, 1.807) is 41.3 Å². The highest BCUT2D eigenvalue weighted by molar-refractivity contribution is 6.46. The zero-order chi connectivity index (χ0) is 21.0. The van der Waals surface area contributed by atoms with E-state index in [1.807, 2.05) is 19.1 Å². The van der Waals surface area contributed by atoms with Crippen LogP contribution in [-0.2, 0) is 9.59 Å². The maximum atomic E-state index is 12.9. The zero-order valence-corrected chi connectivity index (χ0v) is 17.6. The summed E-state index contributed by atoms with van der Waals surface area (Å²) in [5.41, 5.74) is 2.47. The average Bonchev–Trinajstić information content (AvgIpc) is 2.96. The molecule has 0 aromatic heterocycles. The zero-order valence-electron chi connectivity index (χ0n) is 16.8. The molecule has 0 aliphatic carbocycles. The maximum Gasteiger partial charge on any atom is 0.295 e. The van der Waals surface area contributed by atoms with Gasteiger partial charge >= 0.3 is 0 Å². The van der Waals surface area contributed by atoms with E-state index in [0.717, 1.165) is 36.8 Å². The van der Waals surface area contributed by atoms with Gasteiger partial charge in [-0.1, -0.05) is 79.7 Å². The third kappa shape index (κ3) is 4.54. The topological polar surface area (TPSA) is 57.6 Å². The smallest absolute Gasteiger partial charge is 0.295 e. The molecule has 3 rings (SSSR count). The van der Waals surface area contributed by atoms with Crippen LogP contribution in [0.25, 0.3) is 5.76 Å². The lowest BCUT2D eigenvalue weighted by molar-refractivity contribution is -0.139. The van der Waals surface area contributed by atoms with Crippen molar-refractivity contribution in [3.63, 3.8) is 0 Å². The van der Waals surface area contributed by atoms with Gasteiger partial charge in [0.2, 0.25) is 0 Å². The molecule has 2 aromatic carbocycles. The highest BCUT2D eigenvalue weighted by Gasteiger charge is 2.45. The van der Waals surface area contributed by atoms with E-state index in [0.29, 0.717) is 17.1 Å². The van der Waals surface area contributed by atoms with E-state index in [-0.39, 0.29) is 11.3 Å². The number of aliphatic hydroxyl groups is 1. The van der Waals surface area contributed by atoms with Gasteiger partial charge in [0.25, 0.3) is 11.7 Å². The number of carbonyl (C=O) groups excluding carboxylic acids is 2. The molecule has 0 spiro atoms. The lowest BCUT2D eigenvalue weighted by atomic mass is 9.95. The van der Waals surface area contributed by atoms with Gasteiger partial charge < -0.3 is 10.0 Å². The molecule has 0 radical (unpaired) electrons. The van der Waals surface area contributed by atoms with Crippen molar-refractivity contribution in [2.45, 2.75) is 45.6 Å². The van der Waals surface area contributed by atoms with Crippen LogP contribution in [0.15, 0.2) is 54.1 Å². The number of aliphatic hydroxyl groups excluding tert-OH is 1. The van der Waals surface area contributed by atoms with Gasteiger partial charge in [-0.15, -0.1) is 0 Å². The van der Waals surface area contributed by atoms with Gasteiger partial charge in [-0.05, 0) is 31.0 Å². The van der Waals surface area contributed by atoms with E-state index < -0.39 is 17.7 Å². The standard InChI is InChI=1S/C24H26ClNO3/c1-3-4-5-6-15-26-21(17-11-13-19(25)14-12-17)20(23(28)24(26)29)22(27)18-9-7-16(2)8-10-18/h7-14,21,27H,3-6,15H2,1-2H3/t21-/m1/s1. The predicted molar refractivity (Wildman–Crippen MR) is 116 cm³/mol. The predicted octanol–water partition coefficient (Wildman–Crippen LogP) is 5.65. The number of hydrogen-bond acceptors (Lipinski definition) is 3.